The van der Waals surface area contributed by atoms with E-state index in [1.54, 1.807) is 0 Å². The van der Waals surface area contributed by atoms with Crippen LogP contribution < -0.4 is 0 Å². The monoisotopic (exact) mass is 321 g/mol. The highest BCUT2D eigenvalue weighted by Gasteiger charge is 2.09. The van der Waals surface area contributed by atoms with Crippen LogP contribution in [0.1, 0.15) is 129 Å². The van der Waals surface area contributed by atoms with Gasteiger partial charge in [0, 0.05) is 11.8 Å². The van der Waals surface area contributed by atoms with Gasteiger partial charge in [-0.1, -0.05) is 90.4 Å². The van der Waals surface area contributed by atoms with Gasteiger partial charge in [0.05, 0.1) is 0 Å². The zero-order valence-corrected chi connectivity index (χ0v) is 16.3. The Morgan fingerprint density at radius 3 is 1.70 bits per heavy atom. The van der Waals surface area contributed by atoms with E-state index in [1.165, 1.54) is 121 Å². The van der Waals surface area contributed by atoms with Crippen molar-refractivity contribution < 1.29 is 0 Å². The van der Waals surface area contributed by atoms with Gasteiger partial charge < -0.3 is 0 Å². The van der Waals surface area contributed by atoms with Gasteiger partial charge in [-0.15, -0.1) is 0 Å². The molecule has 0 amide bonds. The number of hydrogen-bond donors (Lipinski definition) is 0. The van der Waals surface area contributed by atoms with E-state index >= 15 is 0 Å². The summed E-state index contributed by atoms with van der Waals surface area (Å²) in [5, 5.41) is 0. The predicted octanol–water partition coefficient (Wildman–Crippen LogP) is 7.87. The summed E-state index contributed by atoms with van der Waals surface area (Å²) in [4.78, 5) is 4.80. The topological polar surface area (TPSA) is 12.4 Å². The van der Waals surface area contributed by atoms with Gasteiger partial charge in [0.25, 0.3) is 0 Å². The highest BCUT2D eigenvalue weighted by atomic mass is 14.8. The number of aliphatic imine (C=N–C) groups is 1. The molecule has 0 N–H and O–H groups in total. The molecule has 1 heteroatoms. The van der Waals surface area contributed by atoms with Crippen LogP contribution in [-0.4, -0.2) is 11.8 Å². The first kappa shape index (κ1) is 20.7. The van der Waals surface area contributed by atoms with Crippen molar-refractivity contribution in [3.63, 3.8) is 0 Å². The van der Waals surface area contributed by atoms with Crippen molar-refractivity contribution in [1.82, 2.24) is 0 Å². The molecule has 23 heavy (non-hydrogen) atoms. The Kier molecular flexibility index (Phi) is 13.7. The van der Waals surface area contributed by atoms with Crippen LogP contribution in [0.15, 0.2) is 4.99 Å². The van der Waals surface area contributed by atoms with Crippen LogP contribution in [0, 0.1) is 0 Å². The van der Waals surface area contributed by atoms with E-state index in [0.717, 1.165) is 0 Å². The third kappa shape index (κ3) is 12.7. The van der Waals surface area contributed by atoms with Crippen LogP contribution in [0.3, 0.4) is 0 Å². The van der Waals surface area contributed by atoms with Crippen LogP contribution in [-0.2, 0) is 0 Å². The lowest BCUT2D eigenvalue weighted by Gasteiger charge is -2.16. The van der Waals surface area contributed by atoms with Gasteiger partial charge in [0.2, 0.25) is 0 Å². The molecule has 0 spiro atoms. The molecule has 0 aromatic heterocycles. The molecule has 1 unspecified atom stereocenters. The summed E-state index contributed by atoms with van der Waals surface area (Å²) in [6, 6.07) is 0.602. The van der Waals surface area contributed by atoms with Gasteiger partial charge in [-0.05, 0) is 39.0 Å². The SMILES string of the molecule is CCCCCCCCCCCCCCCCC1=NC(C)CCC1. The number of nitrogens with zero attached hydrogens (tertiary/aromatic N) is 1. The molecule has 0 bridgehead atoms. The predicted molar refractivity (Wildman–Crippen MR) is 106 cm³/mol. The first-order valence-electron chi connectivity index (χ1n) is 10.9. The van der Waals surface area contributed by atoms with E-state index in [1.807, 2.05) is 0 Å². The summed E-state index contributed by atoms with van der Waals surface area (Å²) < 4.78 is 0. The van der Waals surface area contributed by atoms with Crippen LogP contribution >= 0.6 is 0 Å². The highest BCUT2D eigenvalue weighted by molar-refractivity contribution is 5.85. The summed E-state index contributed by atoms with van der Waals surface area (Å²) in [5.41, 5.74) is 1.52. The standard InChI is InChI=1S/C22H43N/c1-3-4-5-6-7-8-9-10-11-12-13-14-15-16-19-22-20-17-18-21(2)23-22/h21H,3-20H2,1-2H3. The quantitative estimate of drug-likeness (QED) is 0.272. The third-order valence-corrected chi connectivity index (χ3v) is 5.31. The Labute approximate surface area is 146 Å². The molecule has 0 saturated carbocycles. The fourth-order valence-corrected chi connectivity index (χ4v) is 3.76. The summed E-state index contributed by atoms with van der Waals surface area (Å²) >= 11 is 0. The second-order valence-corrected chi connectivity index (χ2v) is 7.78. The lowest BCUT2D eigenvalue weighted by atomic mass is 9.99. The summed E-state index contributed by atoms with van der Waals surface area (Å²) in [7, 11) is 0. The highest BCUT2D eigenvalue weighted by Crippen LogP contribution is 2.17. The molecule has 136 valence electrons. The molecular weight excluding hydrogens is 278 g/mol. The van der Waals surface area contributed by atoms with Gasteiger partial charge >= 0.3 is 0 Å². The molecule has 1 aliphatic heterocycles. The minimum Gasteiger partial charge on any atom is -0.291 e. The summed E-state index contributed by atoms with van der Waals surface area (Å²) in [5.74, 6) is 0. The molecular formula is C22H43N. The lowest BCUT2D eigenvalue weighted by molar-refractivity contribution is 0.535. The van der Waals surface area contributed by atoms with Gasteiger partial charge in [-0.2, -0.15) is 0 Å². The summed E-state index contributed by atoms with van der Waals surface area (Å²) in [6.45, 7) is 4.56. The zero-order chi connectivity index (χ0) is 16.6. The molecule has 1 heterocycles. The third-order valence-electron chi connectivity index (χ3n) is 5.31. The van der Waals surface area contributed by atoms with E-state index in [0.29, 0.717) is 6.04 Å². The zero-order valence-electron chi connectivity index (χ0n) is 16.3. The maximum Gasteiger partial charge on any atom is 0.0470 e. The van der Waals surface area contributed by atoms with Crippen molar-refractivity contribution >= 4 is 5.71 Å². The minimum atomic E-state index is 0.602. The molecule has 1 nitrogen and oxygen atoms in total. The number of rotatable bonds is 15. The number of unbranched alkanes of at least 4 members (excludes halogenated alkanes) is 13. The maximum absolute atomic E-state index is 4.80. The molecule has 0 saturated heterocycles. The van der Waals surface area contributed by atoms with E-state index in [4.69, 9.17) is 4.99 Å². The first-order chi connectivity index (χ1) is 11.3. The number of hydrogen-bond acceptors (Lipinski definition) is 1. The maximum atomic E-state index is 4.80. The van der Waals surface area contributed by atoms with Gasteiger partial charge in [-0.25, -0.2) is 0 Å². The molecule has 0 radical (unpaired) electrons. The Morgan fingerprint density at radius 1 is 0.739 bits per heavy atom. The van der Waals surface area contributed by atoms with Gasteiger partial charge in [0.1, 0.15) is 0 Å². The Morgan fingerprint density at radius 2 is 1.22 bits per heavy atom. The van der Waals surface area contributed by atoms with Crippen LogP contribution in [0.25, 0.3) is 0 Å². The second-order valence-electron chi connectivity index (χ2n) is 7.78. The fourth-order valence-electron chi connectivity index (χ4n) is 3.76. The van der Waals surface area contributed by atoms with Gasteiger partial charge in [0.15, 0.2) is 0 Å². The Balaban J connectivity index is 1.75. The van der Waals surface area contributed by atoms with Crippen molar-refractivity contribution in [1.29, 1.82) is 0 Å². The lowest BCUT2D eigenvalue weighted by Crippen LogP contribution is -2.12. The van der Waals surface area contributed by atoms with Crippen molar-refractivity contribution in [2.24, 2.45) is 4.99 Å². The molecule has 1 aliphatic rings. The second kappa shape index (κ2) is 15.2. The molecule has 1 atom stereocenters. The largest absolute Gasteiger partial charge is 0.291 e. The molecule has 1 rings (SSSR count). The van der Waals surface area contributed by atoms with Crippen molar-refractivity contribution in [2.45, 2.75) is 135 Å². The summed E-state index contributed by atoms with van der Waals surface area (Å²) in [6.07, 6.45) is 25.5. The normalized spacial score (nSPS) is 18.2. The van der Waals surface area contributed by atoms with Crippen LogP contribution in [0.4, 0.5) is 0 Å². The van der Waals surface area contributed by atoms with Gasteiger partial charge in [-0.3, -0.25) is 4.99 Å². The van der Waals surface area contributed by atoms with Crippen molar-refractivity contribution in [3.8, 4) is 0 Å². The molecule has 0 fully saturated rings. The Bertz CT molecular complexity index is 282. The first-order valence-corrected chi connectivity index (χ1v) is 10.9. The van der Waals surface area contributed by atoms with Crippen LogP contribution in [0.2, 0.25) is 0 Å². The van der Waals surface area contributed by atoms with Crippen molar-refractivity contribution in [2.75, 3.05) is 0 Å². The van der Waals surface area contributed by atoms with Crippen molar-refractivity contribution in [3.05, 3.63) is 0 Å². The average Bonchev–Trinajstić information content (AvgIpc) is 2.55. The smallest absolute Gasteiger partial charge is 0.0470 e. The molecule has 0 aromatic carbocycles. The van der Waals surface area contributed by atoms with Crippen LogP contribution in [0.5, 0.6) is 0 Å². The molecule has 0 aliphatic carbocycles. The molecule has 0 aromatic rings. The van der Waals surface area contributed by atoms with E-state index in [9.17, 15) is 0 Å². The van der Waals surface area contributed by atoms with E-state index < -0.39 is 0 Å². The average molecular weight is 322 g/mol. The Hall–Kier alpha value is -0.330. The fraction of sp³-hybridized carbons (Fsp3) is 0.955. The van der Waals surface area contributed by atoms with E-state index in [-0.39, 0.29) is 0 Å². The van der Waals surface area contributed by atoms with E-state index in [2.05, 4.69) is 13.8 Å². The minimum absolute atomic E-state index is 0.602.